The molecule has 1 amide bonds. The Kier molecular flexibility index (Phi) is 5.25. The number of rotatable bonds is 5. The Hall–Kier alpha value is -2.91. The summed E-state index contributed by atoms with van der Waals surface area (Å²) < 4.78 is 43.2. The third kappa shape index (κ3) is 3.90. The second-order valence-electron chi connectivity index (χ2n) is 7.71. The van der Waals surface area contributed by atoms with Crippen LogP contribution in [0.2, 0.25) is 0 Å². The van der Waals surface area contributed by atoms with Crippen LogP contribution in [-0.4, -0.2) is 48.0 Å². The van der Waals surface area contributed by atoms with Crippen molar-refractivity contribution in [3.63, 3.8) is 0 Å². The maximum Gasteiger partial charge on any atom is 0.433 e. The molecule has 7 nitrogen and oxygen atoms in total. The van der Waals surface area contributed by atoms with E-state index in [-0.39, 0.29) is 23.5 Å². The van der Waals surface area contributed by atoms with Crippen molar-refractivity contribution in [3.8, 4) is 0 Å². The highest BCUT2D eigenvalue weighted by Crippen LogP contribution is 2.32. The maximum absolute atomic E-state index is 13.5. The fraction of sp³-hybridized carbons (Fsp3) is 0.500. The molecule has 30 heavy (non-hydrogen) atoms. The minimum absolute atomic E-state index is 0.0137. The van der Waals surface area contributed by atoms with Crippen LogP contribution in [0, 0.1) is 0 Å². The summed E-state index contributed by atoms with van der Waals surface area (Å²) in [5.41, 5.74) is 0.281. The lowest BCUT2D eigenvalue weighted by Crippen LogP contribution is -2.30. The molecule has 4 heterocycles. The first-order valence-electron chi connectivity index (χ1n) is 9.98. The zero-order valence-corrected chi connectivity index (χ0v) is 16.8. The van der Waals surface area contributed by atoms with Crippen LogP contribution in [-0.2, 0) is 17.4 Å². The van der Waals surface area contributed by atoms with E-state index in [4.69, 9.17) is 0 Å². The molecule has 1 aliphatic heterocycles. The molecular weight excluding hydrogens is 397 g/mol. The fourth-order valence-electron chi connectivity index (χ4n) is 3.87. The third-order valence-electron chi connectivity index (χ3n) is 5.61. The van der Waals surface area contributed by atoms with Gasteiger partial charge in [0.1, 0.15) is 5.69 Å². The van der Waals surface area contributed by atoms with Gasteiger partial charge < -0.3 is 9.47 Å². The topological polar surface area (TPSA) is 68.3 Å². The summed E-state index contributed by atoms with van der Waals surface area (Å²) in [5, 5.41) is 4.22. The number of hydrogen-bond donors (Lipinski definition) is 0. The van der Waals surface area contributed by atoms with E-state index in [1.165, 1.54) is 0 Å². The highest BCUT2D eigenvalue weighted by atomic mass is 19.4. The van der Waals surface area contributed by atoms with Gasteiger partial charge in [-0.2, -0.15) is 18.3 Å². The molecule has 0 radical (unpaired) electrons. The number of alkyl halides is 3. The average Bonchev–Trinajstić information content (AvgIpc) is 3.45. The van der Waals surface area contributed by atoms with Crippen LogP contribution >= 0.6 is 0 Å². The molecular formula is C20H23F3N6O. The van der Waals surface area contributed by atoms with Crippen LogP contribution in [0.5, 0.6) is 0 Å². The molecule has 1 saturated heterocycles. The van der Waals surface area contributed by atoms with E-state index in [1.807, 2.05) is 17.7 Å². The van der Waals surface area contributed by atoms with Gasteiger partial charge in [0.05, 0.1) is 12.0 Å². The van der Waals surface area contributed by atoms with Gasteiger partial charge in [-0.25, -0.2) is 14.5 Å². The Balaban J connectivity index is 1.52. The molecule has 0 N–H and O–H groups in total. The summed E-state index contributed by atoms with van der Waals surface area (Å²) in [6.45, 7) is 4.72. The summed E-state index contributed by atoms with van der Waals surface area (Å²) in [7, 11) is 0. The van der Waals surface area contributed by atoms with Gasteiger partial charge in [-0.3, -0.25) is 4.79 Å². The lowest BCUT2D eigenvalue weighted by molar-refractivity contribution is -0.142. The first-order chi connectivity index (χ1) is 14.3. The molecule has 1 aliphatic rings. The summed E-state index contributed by atoms with van der Waals surface area (Å²) in [5.74, 6) is -0.0878. The smallest absolute Gasteiger partial charge is 0.342 e. The Bertz CT molecular complexity index is 1040. The van der Waals surface area contributed by atoms with E-state index >= 15 is 0 Å². The molecule has 0 aromatic carbocycles. The number of imidazole rings is 1. The first-order valence-corrected chi connectivity index (χ1v) is 9.98. The molecule has 0 spiro atoms. The van der Waals surface area contributed by atoms with Gasteiger partial charge in [-0.15, -0.1) is 0 Å². The molecule has 0 unspecified atom stereocenters. The number of carbonyl (C=O) groups excluding carboxylic acids is 1. The Morgan fingerprint density at radius 2 is 2.13 bits per heavy atom. The fourth-order valence-corrected chi connectivity index (χ4v) is 3.87. The van der Waals surface area contributed by atoms with Gasteiger partial charge in [0.2, 0.25) is 5.91 Å². The molecule has 1 fully saturated rings. The molecule has 4 rings (SSSR count). The predicted molar refractivity (Wildman–Crippen MR) is 103 cm³/mol. The monoisotopic (exact) mass is 420 g/mol. The number of carbonyl (C=O) groups is 1. The standard InChI is InChI=1S/C20H23F3N6O/c1-3-15-9-17(20(21,22)23)29-18(25-15)10-16(26-29)14-4-6-27(11-14)19(30)8-13(2)28-7-5-24-12-28/h5,7,9-10,12-14H,3-4,6,8,11H2,1-2H3/t13-,14+/m1/s1. The quantitative estimate of drug-likeness (QED) is 0.634. The van der Waals surface area contributed by atoms with E-state index in [1.54, 1.807) is 30.4 Å². The molecule has 160 valence electrons. The Morgan fingerprint density at radius 3 is 2.80 bits per heavy atom. The van der Waals surface area contributed by atoms with E-state index in [0.29, 0.717) is 43.7 Å². The zero-order valence-electron chi connectivity index (χ0n) is 16.8. The number of aryl methyl sites for hydroxylation is 1. The summed E-state index contributed by atoms with van der Waals surface area (Å²) in [6.07, 6.45) is 2.05. The average molecular weight is 420 g/mol. The third-order valence-corrected chi connectivity index (χ3v) is 5.61. The van der Waals surface area contributed by atoms with Gasteiger partial charge in [0, 0.05) is 55.6 Å². The lowest BCUT2D eigenvalue weighted by Gasteiger charge is -2.19. The summed E-state index contributed by atoms with van der Waals surface area (Å²) in [4.78, 5) is 22.7. The Morgan fingerprint density at radius 1 is 1.33 bits per heavy atom. The van der Waals surface area contributed by atoms with Crippen molar-refractivity contribution in [1.82, 2.24) is 29.0 Å². The van der Waals surface area contributed by atoms with Crippen LogP contribution in [0.25, 0.3) is 5.65 Å². The highest BCUT2D eigenvalue weighted by Gasteiger charge is 2.36. The van der Waals surface area contributed by atoms with Crippen molar-refractivity contribution in [1.29, 1.82) is 0 Å². The van der Waals surface area contributed by atoms with Crippen molar-refractivity contribution in [2.24, 2.45) is 0 Å². The molecule has 3 aromatic rings. The number of likely N-dealkylation sites (tertiary alicyclic amines) is 1. The second kappa shape index (κ2) is 7.73. The molecule has 0 aliphatic carbocycles. The maximum atomic E-state index is 13.5. The highest BCUT2D eigenvalue weighted by molar-refractivity contribution is 5.77. The van der Waals surface area contributed by atoms with E-state index in [0.717, 1.165) is 10.6 Å². The van der Waals surface area contributed by atoms with Crippen molar-refractivity contribution in [3.05, 3.63) is 47.9 Å². The number of fused-ring (bicyclic) bond motifs is 1. The van der Waals surface area contributed by atoms with Gasteiger partial charge >= 0.3 is 6.18 Å². The molecule has 0 bridgehead atoms. The number of aromatic nitrogens is 5. The second-order valence-corrected chi connectivity index (χ2v) is 7.71. The minimum atomic E-state index is -4.52. The van der Waals surface area contributed by atoms with E-state index in [9.17, 15) is 18.0 Å². The molecule has 0 saturated carbocycles. The summed E-state index contributed by atoms with van der Waals surface area (Å²) in [6, 6.07) is 2.65. The van der Waals surface area contributed by atoms with E-state index in [2.05, 4.69) is 15.1 Å². The molecule has 10 heteroatoms. The summed E-state index contributed by atoms with van der Waals surface area (Å²) >= 11 is 0. The largest absolute Gasteiger partial charge is 0.433 e. The van der Waals surface area contributed by atoms with Gasteiger partial charge in [0.25, 0.3) is 0 Å². The number of amides is 1. The molecule has 2 atom stereocenters. The van der Waals surface area contributed by atoms with Crippen molar-refractivity contribution in [2.75, 3.05) is 13.1 Å². The van der Waals surface area contributed by atoms with Crippen LogP contribution < -0.4 is 0 Å². The van der Waals surface area contributed by atoms with Gasteiger partial charge in [0.15, 0.2) is 5.65 Å². The van der Waals surface area contributed by atoms with Gasteiger partial charge in [-0.1, -0.05) is 6.92 Å². The molecule has 3 aromatic heterocycles. The van der Waals surface area contributed by atoms with Crippen LogP contribution in [0.15, 0.2) is 30.9 Å². The number of hydrogen-bond acceptors (Lipinski definition) is 4. The number of halogens is 3. The normalized spacial score (nSPS) is 18.3. The predicted octanol–water partition coefficient (Wildman–Crippen LogP) is 3.47. The minimum Gasteiger partial charge on any atom is -0.342 e. The first kappa shape index (κ1) is 20.4. The van der Waals surface area contributed by atoms with Crippen molar-refractivity contribution in [2.45, 2.75) is 51.2 Å². The van der Waals surface area contributed by atoms with Crippen LogP contribution in [0.1, 0.15) is 55.7 Å². The van der Waals surface area contributed by atoms with Crippen LogP contribution in [0.4, 0.5) is 13.2 Å². The number of nitrogens with zero attached hydrogens (tertiary/aromatic N) is 6. The van der Waals surface area contributed by atoms with Crippen LogP contribution in [0.3, 0.4) is 0 Å². The lowest BCUT2D eigenvalue weighted by atomic mass is 10.1. The Labute approximate surface area is 171 Å². The zero-order chi connectivity index (χ0) is 21.5. The van der Waals surface area contributed by atoms with Crippen molar-refractivity contribution < 1.29 is 18.0 Å². The van der Waals surface area contributed by atoms with Gasteiger partial charge in [-0.05, 0) is 25.8 Å². The van der Waals surface area contributed by atoms with E-state index < -0.39 is 11.9 Å². The van der Waals surface area contributed by atoms with Crippen molar-refractivity contribution >= 4 is 11.6 Å². The SMILES string of the molecule is CCc1cc(C(F)(F)F)n2nc([C@H]3CCN(C(=O)C[C@@H](C)n4ccnc4)C3)cc2n1.